The van der Waals surface area contributed by atoms with Gasteiger partial charge in [0.2, 0.25) is 0 Å². The van der Waals surface area contributed by atoms with Crippen molar-refractivity contribution in [3.8, 4) is 0 Å². The van der Waals surface area contributed by atoms with E-state index in [1.54, 1.807) is 7.11 Å². The lowest BCUT2D eigenvalue weighted by Gasteiger charge is -2.48. The summed E-state index contributed by atoms with van der Waals surface area (Å²) in [5.74, 6) is 0. The smallest absolute Gasteiger partial charge is 0.0633 e. The van der Waals surface area contributed by atoms with Gasteiger partial charge >= 0.3 is 0 Å². The minimum absolute atomic E-state index is 0.295. The van der Waals surface area contributed by atoms with Gasteiger partial charge in [0.05, 0.1) is 6.61 Å². The van der Waals surface area contributed by atoms with Gasteiger partial charge in [0.25, 0.3) is 0 Å². The quantitative estimate of drug-likeness (QED) is 0.750. The Kier molecular flexibility index (Phi) is 5.03. The Morgan fingerprint density at radius 1 is 1.27 bits per heavy atom. The van der Waals surface area contributed by atoms with Crippen molar-refractivity contribution >= 4 is 0 Å². The summed E-state index contributed by atoms with van der Waals surface area (Å²) in [6.07, 6.45) is 6.66. The molecule has 0 aliphatic heterocycles. The highest BCUT2D eigenvalue weighted by atomic mass is 16.5. The number of likely N-dealkylation sites (N-methyl/N-ethyl adjacent to an activating group) is 2. The van der Waals surface area contributed by atoms with E-state index < -0.39 is 0 Å². The average molecular weight is 214 g/mol. The fourth-order valence-electron chi connectivity index (χ4n) is 2.95. The van der Waals surface area contributed by atoms with Gasteiger partial charge in [0, 0.05) is 18.7 Å². The second kappa shape index (κ2) is 5.83. The van der Waals surface area contributed by atoms with Gasteiger partial charge in [-0.1, -0.05) is 19.3 Å². The predicted octanol–water partition coefficient (Wildman–Crippen LogP) is 1.49. The first-order chi connectivity index (χ1) is 7.17. The van der Waals surface area contributed by atoms with Crippen LogP contribution in [0.15, 0.2) is 0 Å². The van der Waals surface area contributed by atoms with Crippen molar-refractivity contribution in [3.05, 3.63) is 0 Å². The molecule has 0 radical (unpaired) electrons. The highest BCUT2D eigenvalue weighted by molar-refractivity contribution is 5.00. The standard InChI is InChI=1S/C12H26N2O/c1-13-11(10-15-4)12(14(2)3)8-6-5-7-9-12/h11,13H,5-10H2,1-4H3. The predicted molar refractivity (Wildman–Crippen MR) is 64.2 cm³/mol. The number of ether oxygens (including phenoxy) is 1. The maximum absolute atomic E-state index is 5.33. The maximum atomic E-state index is 5.33. The second-order valence-electron chi connectivity index (χ2n) is 4.86. The largest absolute Gasteiger partial charge is 0.383 e. The van der Waals surface area contributed by atoms with Gasteiger partial charge < -0.3 is 15.0 Å². The van der Waals surface area contributed by atoms with E-state index in [1.165, 1.54) is 32.1 Å². The van der Waals surface area contributed by atoms with Crippen molar-refractivity contribution in [3.63, 3.8) is 0 Å². The summed E-state index contributed by atoms with van der Waals surface area (Å²) < 4.78 is 5.33. The first kappa shape index (κ1) is 12.9. The van der Waals surface area contributed by atoms with Crippen molar-refractivity contribution in [2.24, 2.45) is 0 Å². The van der Waals surface area contributed by atoms with Crippen molar-refractivity contribution in [2.45, 2.75) is 43.7 Å². The molecule has 1 rings (SSSR count). The van der Waals surface area contributed by atoms with Crippen LogP contribution in [0.5, 0.6) is 0 Å². The summed E-state index contributed by atoms with van der Waals surface area (Å²) in [5.41, 5.74) is 0.295. The molecule has 3 nitrogen and oxygen atoms in total. The summed E-state index contributed by atoms with van der Waals surface area (Å²) in [7, 11) is 8.23. The number of methoxy groups -OCH3 is 1. The summed E-state index contributed by atoms with van der Waals surface area (Å²) in [5, 5.41) is 3.43. The minimum Gasteiger partial charge on any atom is -0.383 e. The molecule has 1 unspecified atom stereocenters. The molecule has 1 atom stereocenters. The van der Waals surface area contributed by atoms with Gasteiger partial charge in [0.1, 0.15) is 0 Å². The van der Waals surface area contributed by atoms with Gasteiger partial charge in [-0.05, 0) is 34.0 Å². The highest BCUT2D eigenvalue weighted by Crippen LogP contribution is 2.35. The van der Waals surface area contributed by atoms with Gasteiger partial charge in [-0.3, -0.25) is 0 Å². The van der Waals surface area contributed by atoms with E-state index in [9.17, 15) is 0 Å². The zero-order valence-corrected chi connectivity index (χ0v) is 10.7. The number of nitrogens with one attached hydrogen (secondary N) is 1. The van der Waals surface area contributed by atoms with E-state index in [-0.39, 0.29) is 0 Å². The van der Waals surface area contributed by atoms with E-state index >= 15 is 0 Å². The molecule has 1 aliphatic rings. The fraction of sp³-hybridized carbons (Fsp3) is 1.00. The molecule has 0 aromatic rings. The molecule has 15 heavy (non-hydrogen) atoms. The van der Waals surface area contributed by atoms with Crippen LogP contribution in [0.2, 0.25) is 0 Å². The summed E-state index contributed by atoms with van der Waals surface area (Å²) in [6.45, 7) is 0.800. The topological polar surface area (TPSA) is 24.5 Å². The molecule has 3 heteroatoms. The van der Waals surface area contributed by atoms with Crippen molar-refractivity contribution in [2.75, 3.05) is 34.9 Å². The van der Waals surface area contributed by atoms with E-state index in [2.05, 4.69) is 24.3 Å². The SMILES string of the molecule is CNC(COC)C1(N(C)C)CCCCC1. The molecule has 0 amide bonds. The highest BCUT2D eigenvalue weighted by Gasteiger charge is 2.40. The summed E-state index contributed by atoms with van der Waals surface area (Å²) >= 11 is 0. The van der Waals surface area contributed by atoms with Crippen LogP contribution >= 0.6 is 0 Å². The molecule has 0 aromatic heterocycles. The van der Waals surface area contributed by atoms with Gasteiger partial charge in [-0.25, -0.2) is 0 Å². The number of rotatable bonds is 5. The van der Waals surface area contributed by atoms with Gasteiger partial charge in [-0.15, -0.1) is 0 Å². The Hall–Kier alpha value is -0.120. The molecule has 0 saturated heterocycles. The number of nitrogens with zero attached hydrogens (tertiary/aromatic N) is 1. The normalized spacial score (nSPS) is 23.0. The third kappa shape index (κ3) is 2.71. The van der Waals surface area contributed by atoms with E-state index in [4.69, 9.17) is 4.74 Å². The van der Waals surface area contributed by atoms with E-state index in [1.807, 2.05) is 7.05 Å². The summed E-state index contributed by atoms with van der Waals surface area (Å²) in [4.78, 5) is 2.40. The van der Waals surface area contributed by atoms with Crippen molar-refractivity contribution < 1.29 is 4.74 Å². The van der Waals surface area contributed by atoms with Gasteiger partial charge in [-0.2, -0.15) is 0 Å². The van der Waals surface area contributed by atoms with Crippen LogP contribution in [0.25, 0.3) is 0 Å². The second-order valence-corrected chi connectivity index (χ2v) is 4.86. The molecular weight excluding hydrogens is 188 g/mol. The number of hydrogen-bond donors (Lipinski definition) is 1. The third-order valence-electron chi connectivity index (χ3n) is 3.94. The lowest BCUT2D eigenvalue weighted by atomic mass is 9.75. The maximum Gasteiger partial charge on any atom is 0.0633 e. The molecule has 1 N–H and O–H groups in total. The Labute approximate surface area is 94.2 Å². The molecule has 1 aliphatic carbocycles. The Balaban J connectivity index is 2.77. The molecule has 1 saturated carbocycles. The third-order valence-corrected chi connectivity index (χ3v) is 3.94. The molecule has 90 valence electrons. The first-order valence-electron chi connectivity index (χ1n) is 6.01. The molecule has 1 fully saturated rings. The van der Waals surface area contributed by atoms with E-state index in [0.717, 1.165) is 6.61 Å². The zero-order chi connectivity index (χ0) is 11.3. The van der Waals surface area contributed by atoms with E-state index in [0.29, 0.717) is 11.6 Å². The van der Waals surface area contributed by atoms with Crippen LogP contribution in [0, 0.1) is 0 Å². The average Bonchev–Trinajstić information content (AvgIpc) is 2.26. The van der Waals surface area contributed by atoms with Crippen LogP contribution in [0.4, 0.5) is 0 Å². The summed E-state index contributed by atoms with van der Waals surface area (Å²) in [6, 6.07) is 0.442. The zero-order valence-electron chi connectivity index (χ0n) is 10.7. The Morgan fingerprint density at radius 3 is 2.27 bits per heavy atom. The van der Waals surface area contributed by atoms with Crippen LogP contribution in [-0.2, 0) is 4.74 Å². The van der Waals surface area contributed by atoms with Crippen LogP contribution in [0.1, 0.15) is 32.1 Å². The van der Waals surface area contributed by atoms with Crippen LogP contribution < -0.4 is 5.32 Å². The minimum atomic E-state index is 0.295. The van der Waals surface area contributed by atoms with Crippen molar-refractivity contribution in [1.29, 1.82) is 0 Å². The van der Waals surface area contributed by atoms with Crippen LogP contribution in [-0.4, -0.2) is 51.3 Å². The molecule has 0 aromatic carbocycles. The lowest BCUT2D eigenvalue weighted by Crippen LogP contribution is -2.60. The van der Waals surface area contributed by atoms with Gasteiger partial charge in [0.15, 0.2) is 0 Å². The molecule has 0 spiro atoms. The van der Waals surface area contributed by atoms with Crippen LogP contribution in [0.3, 0.4) is 0 Å². The number of hydrogen-bond acceptors (Lipinski definition) is 3. The molecule has 0 bridgehead atoms. The Bertz CT molecular complexity index is 176. The monoisotopic (exact) mass is 214 g/mol. The molecular formula is C12H26N2O. The lowest BCUT2D eigenvalue weighted by molar-refractivity contribution is 0.0231. The van der Waals surface area contributed by atoms with Crippen molar-refractivity contribution in [1.82, 2.24) is 10.2 Å². The first-order valence-corrected chi connectivity index (χ1v) is 6.01. The Morgan fingerprint density at radius 2 is 1.87 bits per heavy atom. The fourth-order valence-corrected chi connectivity index (χ4v) is 2.95. The molecule has 0 heterocycles.